The van der Waals surface area contributed by atoms with Gasteiger partial charge >= 0.3 is 23.9 Å². The molecule has 0 radical (unpaired) electrons. The van der Waals surface area contributed by atoms with Crippen molar-refractivity contribution < 1.29 is 49.1 Å². The van der Waals surface area contributed by atoms with Gasteiger partial charge in [0.25, 0.3) is 0 Å². The van der Waals surface area contributed by atoms with Gasteiger partial charge in [0, 0.05) is 46.2 Å². The van der Waals surface area contributed by atoms with Crippen LogP contribution in [0.25, 0.3) is 0 Å². The number of nitrogens with two attached hydrogens (primary N) is 2. The first-order chi connectivity index (χ1) is 32.9. The zero-order valence-electron chi connectivity index (χ0n) is 41.6. The second-order valence-electron chi connectivity index (χ2n) is 21.1. The molecule has 2 aliphatic carbocycles. The van der Waals surface area contributed by atoms with Crippen LogP contribution in [0.15, 0.2) is 97.1 Å². The first-order valence-electron chi connectivity index (χ1n) is 24.3. The molecule has 14 heteroatoms. The topological polar surface area (TPSA) is 220 Å². The number of benzene rings is 4. The molecule has 12 nitrogen and oxygen atoms in total. The third-order valence-corrected chi connectivity index (χ3v) is 14.1. The monoisotopic (exact) mass is 1000 g/mol. The van der Waals surface area contributed by atoms with Gasteiger partial charge in [-0.1, -0.05) is 151 Å². The highest BCUT2D eigenvalue weighted by Gasteiger charge is 2.42. The lowest BCUT2D eigenvalue weighted by molar-refractivity contribution is -0.166. The minimum atomic E-state index is -2.21. The van der Waals surface area contributed by atoms with Gasteiger partial charge in [-0.25, -0.2) is 19.2 Å². The fourth-order valence-corrected chi connectivity index (χ4v) is 9.46. The van der Waals surface area contributed by atoms with E-state index in [1.807, 2.05) is 12.1 Å². The molecule has 0 saturated heterocycles. The lowest BCUT2D eigenvalue weighted by Crippen LogP contribution is -2.47. The Morgan fingerprint density at radius 1 is 0.586 bits per heavy atom. The number of carboxylic acids is 2. The van der Waals surface area contributed by atoms with Crippen molar-refractivity contribution in [2.24, 2.45) is 34.1 Å². The van der Waals surface area contributed by atoms with Crippen molar-refractivity contribution in [1.82, 2.24) is 0 Å². The van der Waals surface area contributed by atoms with Crippen LogP contribution in [0.1, 0.15) is 149 Å². The summed E-state index contributed by atoms with van der Waals surface area (Å²) in [6, 6.07) is 27.4. The molecule has 6 rings (SSSR count). The van der Waals surface area contributed by atoms with Crippen LogP contribution >= 0.6 is 23.2 Å². The standard InChI is InChI=1S/2C19H30ClNO.C18H14O8/c2*1-18(2,3)11-9-14-7-8-15(12-17(14)20)19(21)10-5-4-6-16(19)13-22;19-15(20)13(25-17(23)11-7-3-1-4-8-11)14(16(21)22)26-18(24)12-9-5-2-6-10-12/h2*7-8,12,16,22H,4-6,9-11,13,21H2,1-3H3;1-10,13-14H,(H,19,20)(H,21,22)/t2*16?,19-;13-,14-/m000/s1. The molecule has 382 valence electrons. The van der Waals surface area contributed by atoms with E-state index in [9.17, 15) is 39.6 Å². The normalized spacial score (nSPS) is 21.1. The number of carbonyl (C=O) groups excluding carboxylic acids is 2. The molecule has 2 saturated carbocycles. The molecular formula is C56H74Cl2N2O10. The number of carbonyl (C=O) groups is 4. The van der Waals surface area contributed by atoms with Gasteiger partial charge in [-0.05, 0) is 121 Å². The van der Waals surface area contributed by atoms with E-state index in [0.29, 0.717) is 10.8 Å². The minimum Gasteiger partial charge on any atom is -0.478 e. The molecule has 0 bridgehead atoms. The van der Waals surface area contributed by atoms with Crippen molar-refractivity contribution in [3.63, 3.8) is 0 Å². The Balaban J connectivity index is 0.000000230. The number of aliphatic carboxylic acids is 2. The fraction of sp³-hybridized carbons (Fsp3) is 0.500. The number of hydrogen-bond acceptors (Lipinski definition) is 10. The fourth-order valence-electron chi connectivity index (χ4n) is 8.91. The maximum atomic E-state index is 12.0. The SMILES string of the molecule is CC(C)(C)CCc1ccc([C@@]2(N)CCCCC2CO)cc1Cl.CC(C)(C)CCc1ccc([C@@]2(N)CCCCC2CO)cc1Cl.O=C(O[C@H](C(=O)O)[C@H](OC(=O)c1ccccc1)C(=O)O)c1ccccc1. The lowest BCUT2D eigenvalue weighted by Gasteiger charge is -2.41. The first kappa shape index (κ1) is 57.8. The third kappa shape index (κ3) is 16.6. The molecule has 4 aromatic rings. The quantitative estimate of drug-likeness (QED) is 0.0613. The Hall–Kier alpha value is -4.82. The molecule has 70 heavy (non-hydrogen) atoms. The predicted octanol–water partition coefficient (Wildman–Crippen LogP) is 10.9. The van der Waals surface area contributed by atoms with Crippen molar-refractivity contribution in [2.75, 3.05) is 13.2 Å². The summed E-state index contributed by atoms with van der Waals surface area (Å²) in [6.07, 6.45) is 8.17. The van der Waals surface area contributed by atoms with Gasteiger partial charge in [0.2, 0.25) is 12.2 Å². The summed E-state index contributed by atoms with van der Waals surface area (Å²) in [6.45, 7) is 13.8. The van der Waals surface area contributed by atoms with Crippen molar-refractivity contribution in [3.05, 3.63) is 140 Å². The zero-order valence-corrected chi connectivity index (χ0v) is 43.1. The van der Waals surface area contributed by atoms with Crippen LogP contribution in [-0.2, 0) is 43.0 Å². The maximum Gasteiger partial charge on any atom is 0.349 e. The van der Waals surface area contributed by atoms with Crippen molar-refractivity contribution in [3.8, 4) is 0 Å². The molecule has 2 fully saturated rings. The molecule has 2 aliphatic rings. The van der Waals surface area contributed by atoms with Crippen LogP contribution < -0.4 is 11.5 Å². The summed E-state index contributed by atoms with van der Waals surface area (Å²) in [5.74, 6) is -5.36. The van der Waals surface area contributed by atoms with Crippen LogP contribution in [0.3, 0.4) is 0 Å². The van der Waals surface area contributed by atoms with Crippen LogP contribution in [0.4, 0.5) is 0 Å². The van der Waals surface area contributed by atoms with Crippen molar-refractivity contribution >= 4 is 47.1 Å². The van der Waals surface area contributed by atoms with Crippen LogP contribution in [0.2, 0.25) is 10.0 Å². The summed E-state index contributed by atoms with van der Waals surface area (Å²) in [5.41, 5.74) is 17.7. The van der Waals surface area contributed by atoms with Gasteiger partial charge in [0.15, 0.2) is 0 Å². The number of rotatable bonds is 15. The van der Waals surface area contributed by atoms with E-state index in [1.54, 1.807) is 12.1 Å². The van der Waals surface area contributed by atoms with E-state index in [-0.39, 0.29) is 36.2 Å². The Kier molecular flexibility index (Phi) is 21.5. The largest absolute Gasteiger partial charge is 0.478 e. The number of ether oxygens (including phenoxy) is 2. The van der Waals surface area contributed by atoms with Gasteiger partial charge in [0.05, 0.1) is 11.1 Å². The Bertz CT molecular complexity index is 2170. The second kappa shape index (κ2) is 26.0. The Labute approximate surface area is 424 Å². The average molecular weight is 1010 g/mol. The average Bonchev–Trinajstić information content (AvgIpc) is 3.32. The smallest absolute Gasteiger partial charge is 0.349 e. The molecule has 4 aromatic carbocycles. The number of aliphatic hydroxyl groups is 2. The van der Waals surface area contributed by atoms with Crippen molar-refractivity contribution in [1.29, 1.82) is 0 Å². The number of aryl methyl sites for hydroxylation is 2. The zero-order chi connectivity index (χ0) is 51.9. The summed E-state index contributed by atoms with van der Waals surface area (Å²) < 4.78 is 9.52. The Morgan fingerprint density at radius 2 is 0.929 bits per heavy atom. The number of hydrogen-bond donors (Lipinski definition) is 6. The molecule has 0 aliphatic heterocycles. The summed E-state index contributed by atoms with van der Waals surface area (Å²) in [4.78, 5) is 46.8. The molecule has 0 aromatic heterocycles. The van der Waals surface area contributed by atoms with E-state index < -0.39 is 47.2 Å². The van der Waals surface area contributed by atoms with Crippen LogP contribution in [0, 0.1) is 22.7 Å². The molecule has 6 atom stereocenters. The van der Waals surface area contributed by atoms with Gasteiger partial charge in [-0.2, -0.15) is 0 Å². The summed E-state index contributed by atoms with van der Waals surface area (Å²) in [5, 5.41) is 39.5. The molecule has 0 amide bonds. The van der Waals surface area contributed by atoms with Gasteiger partial charge in [0.1, 0.15) is 0 Å². The van der Waals surface area contributed by atoms with E-state index in [0.717, 1.165) is 98.2 Å². The Morgan fingerprint density at radius 3 is 1.21 bits per heavy atom. The highest BCUT2D eigenvalue weighted by atomic mass is 35.5. The van der Waals surface area contributed by atoms with E-state index in [1.165, 1.54) is 59.7 Å². The van der Waals surface area contributed by atoms with E-state index >= 15 is 0 Å². The number of esters is 2. The molecular weight excluding hydrogens is 932 g/mol. The summed E-state index contributed by atoms with van der Waals surface area (Å²) >= 11 is 13.0. The van der Waals surface area contributed by atoms with Crippen LogP contribution in [-0.4, -0.2) is 69.7 Å². The molecule has 0 heterocycles. The summed E-state index contributed by atoms with van der Waals surface area (Å²) in [7, 11) is 0. The van der Waals surface area contributed by atoms with Gasteiger partial charge < -0.3 is 41.4 Å². The lowest BCUT2D eigenvalue weighted by atomic mass is 9.69. The predicted molar refractivity (Wildman–Crippen MR) is 275 cm³/mol. The molecule has 8 N–H and O–H groups in total. The van der Waals surface area contributed by atoms with E-state index in [2.05, 4.69) is 65.8 Å². The van der Waals surface area contributed by atoms with Crippen molar-refractivity contribution in [2.45, 2.75) is 142 Å². The highest BCUT2D eigenvalue weighted by Crippen LogP contribution is 2.42. The maximum absolute atomic E-state index is 12.0. The third-order valence-electron chi connectivity index (χ3n) is 13.4. The van der Waals surface area contributed by atoms with Crippen LogP contribution in [0.5, 0.6) is 0 Å². The molecule has 2 unspecified atom stereocenters. The molecule has 0 spiro atoms. The number of carboxylic acid groups (broad SMARTS) is 2. The van der Waals surface area contributed by atoms with E-state index in [4.69, 9.17) is 44.1 Å². The number of halogens is 2. The minimum absolute atomic E-state index is 0.0253. The first-order valence-corrected chi connectivity index (χ1v) is 25.0. The highest BCUT2D eigenvalue weighted by molar-refractivity contribution is 6.31. The number of aliphatic hydroxyl groups excluding tert-OH is 2. The second-order valence-corrected chi connectivity index (χ2v) is 21.9. The van der Waals surface area contributed by atoms with Gasteiger partial charge in [-0.15, -0.1) is 0 Å². The van der Waals surface area contributed by atoms with Gasteiger partial charge in [-0.3, -0.25) is 0 Å².